The summed E-state index contributed by atoms with van der Waals surface area (Å²) < 4.78 is 4.88. The molecule has 0 aromatic carbocycles. The molecule has 6 heteroatoms. The molecule has 0 saturated heterocycles. The van der Waals surface area contributed by atoms with Crippen molar-refractivity contribution in [2.45, 2.75) is 11.9 Å². The van der Waals surface area contributed by atoms with Gasteiger partial charge in [0.05, 0.1) is 16.5 Å². The fourth-order valence-electron chi connectivity index (χ4n) is 1.17. The summed E-state index contributed by atoms with van der Waals surface area (Å²) in [6, 6.07) is 7.24. The SMILES string of the molecule is Cc1cc(NC(=O)CSc2ccccn2)on1. The number of hydrogen-bond donors (Lipinski definition) is 1. The van der Waals surface area contributed by atoms with Crippen LogP contribution in [0.15, 0.2) is 40.0 Å². The van der Waals surface area contributed by atoms with Crippen molar-refractivity contribution in [3.05, 3.63) is 36.2 Å². The van der Waals surface area contributed by atoms with Gasteiger partial charge in [0, 0.05) is 12.3 Å². The smallest absolute Gasteiger partial charge is 0.237 e. The molecule has 0 fully saturated rings. The number of aromatic nitrogens is 2. The van der Waals surface area contributed by atoms with Crippen molar-refractivity contribution in [2.75, 3.05) is 11.1 Å². The topological polar surface area (TPSA) is 68.0 Å². The molecule has 0 aliphatic heterocycles. The number of hydrogen-bond acceptors (Lipinski definition) is 5. The van der Waals surface area contributed by atoms with E-state index in [9.17, 15) is 4.79 Å². The monoisotopic (exact) mass is 249 g/mol. The second-order valence-corrected chi connectivity index (χ2v) is 4.33. The first-order chi connectivity index (χ1) is 8.24. The molecular weight excluding hydrogens is 238 g/mol. The quantitative estimate of drug-likeness (QED) is 0.840. The Morgan fingerprint density at radius 1 is 1.53 bits per heavy atom. The van der Waals surface area contributed by atoms with Crippen LogP contribution in [-0.4, -0.2) is 21.8 Å². The Morgan fingerprint density at radius 2 is 2.41 bits per heavy atom. The van der Waals surface area contributed by atoms with Gasteiger partial charge in [-0.15, -0.1) is 0 Å². The summed E-state index contributed by atoms with van der Waals surface area (Å²) in [6.45, 7) is 1.79. The molecule has 0 radical (unpaired) electrons. The van der Waals surface area contributed by atoms with Gasteiger partial charge in [0.15, 0.2) is 0 Å². The lowest BCUT2D eigenvalue weighted by Crippen LogP contribution is -2.13. The molecule has 1 amide bonds. The largest absolute Gasteiger partial charge is 0.338 e. The first-order valence-corrected chi connectivity index (χ1v) is 5.99. The third kappa shape index (κ3) is 3.60. The van der Waals surface area contributed by atoms with Gasteiger partial charge in [-0.3, -0.25) is 10.1 Å². The van der Waals surface area contributed by atoms with E-state index in [2.05, 4.69) is 15.5 Å². The maximum atomic E-state index is 11.5. The molecule has 2 heterocycles. The third-order valence-corrected chi connectivity index (χ3v) is 2.82. The lowest BCUT2D eigenvalue weighted by molar-refractivity contribution is -0.113. The van der Waals surface area contributed by atoms with Gasteiger partial charge in [-0.25, -0.2) is 4.98 Å². The van der Waals surface area contributed by atoms with Gasteiger partial charge < -0.3 is 4.52 Å². The number of thioether (sulfide) groups is 1. The molecule has 0 bridgehead atoms. The van der Waals surface area contributed by atoms with Crippen LogP contribution >= 0.6 is 11.8 Å². The van der Waals surface area contributed by atoms with E-state index in [1.165, 1.54) is 11.8 Å². The summed E-state index contributed by atoms with van der Waals surface area (Å²) in [5, 5.41) is 7.11. The molecule has 0 aliphatic rings. The molecule has 2 aromatic rings. The molecule has 2 rings (SSSR count). The predicted octanol–water partition coefficient (Wildman–Crippen LogP) is 2.11. The number of carbonyl (C=O) groups excluding carboxylic acids is 1. The van der Waals surface area contributed by atoms with Crippen LogP contribution in [0.4, 0.5) is 5.88 Å². The molecular formula is C11H11N3O2S. The Morgan fingerprint density at radius 3 is 3.06 bits per heavy atom. The second-order valence-electron chi connectivity index (χ2n) is 3.34. The summed E-state index contributed by atoms with van der Waals surface area (Å²) >= 11 is 1.37. The average molecular weight is 249 g/mol. The van der Waals surface area contributed by atoms with E-state index >= 15 is 0 Å². The predicted molar refractivity (Wildman–Crippen MR) is 64.8 cm³/mol. The van der Waals surface area contributed by atoms with Gasteiger partial charge in [-0.2, -0.15) is 0 Å². The molecule has 2 aromatic heterocycles. The first kappa shape index (κ1) is 11.7. The van der Waals surface area contributed by atoms with Crippen LogP contribution in [0.3, 0.4) is 0 Å². The highest BCUT2D eigenvalue weighted by Gasteiger charge is 2.07. The van der Waals surface area contributed by atoms with Crippen molar-refractivity contribution >= 4 is 23.6 Å². The second kappa shape index (κ2) is 5.49. The number of carbonyl (C=O) groups is 1. The van der Waals surface area contributed by atoms with E-state index in [-0.39, 0.29) is 11.7 Å². The molecule has 0 aliphatic carbocycles. The Hall–Kier alpha value is -1.82. The minimum atomic E-state index is -0.142. The van der Waals surface area contributed by atoms with Gasteiger partial charge >= 0.3 is 0 Å². The van der Waals surface area contributed by atoms with Crippen molar-refractivity contribution in [3.8, 4) is 0 Å². The Bertz CT molecular complexity index is 498. The molecule has 5 nitrogen and oxygen atoms in total. The molecule has 88 valence electrons. The Balaban J connectivity index is 1.82. The molecule has 0 atom stereocenters. The molecule has 0 spiro atoms. The van der Waals surface area contributed by atoms with Crippen LogP contribution in [0, 0.1) is 6.92 Å². The van der Waals surface area contributed by atoms with Crippen LogP contribution in [0.5, 0.6) is 0 Å². The van der Waals surface area contributed by atoms with Crippen LogP contribution < -0.4 is 5.32 Å². The van der Waals surface area contributed by atoms with E-state index in [0.717, 1.165) is 10.7 Å². The van der Waals surface area contributed by atoms with Gasteiger partial charge in [0.1, 0.15) is 0 Å². The minimum absolute atomic E-state index is 0.142. The normalized spacial score (nSPS) is 10.2. The van der Waals surface area contributed by atoms with E-state index in [0.29, 0.717) is 5.88 Å². The summed E-state index contributed by atoms with van der Waals surface area (Å²) in [7, 11) is 0. The van der Waals surface area contributed by atoms with Gasteiger partial charge in [0.25, 0.3) is 0 Å². The molecule has 17 heavy (non-hydrogen) atoms. The number of nitrogens with one attached hydrogen (secondary N) is 1. The zero-order valence-corrected chi connectivity index (χ0v) is 10.0. The first-order valence-electron chi connectivity index (χ1n) is 5.01. The number of rotatable bonds is 4. The van der Waals surface area contributed by atoms with Crippen LogP contribution in [0.2, 0.25) is 0 Å². The number of nitrogens with zero attached hydrogens (tertiary/aromatic N) is 2. The van der Waals surface area contributed by atoms with Crippen molar-refractivity contribution in [1.29, 1.82) is 0 Å². The van der Waals surface area contributed by atoms with E-state index < -0.39 is 0 Å². The molecule has 0 saturated carbocycles. The maximum absolute atomic E-state index is 11.5. The standard InChI is InChI=1S/C11H11N3O2S/c1-8-6-10(16-14-8)13-9(15)7-17-11-4-2-3-5-12-11/h2-6H,7H2,1H3,(H,13,15). The average Bonchev–Trinajstić information content (AvgIpc) is 2.73. The third-order valence-electron chi connectivity index (χ3n) is 1.88. The van der Waals surface area contributed by atoms with Crippen LogP contribution in [0.25, 0.3) is 0 Å². The lowest BCUT2D eigenvalue weighted by atomic mass is 10.5. The van der Waals surface area contributed by atoms with E-state index in [1.54, 1.807) is 19.2 Å². The number of aryl methyl sites for hydroxylation is 1. The fraction of sp³-hybridized carbons (Fsp3) is 0.182. The van der Waals surface area contributed by atoms with E-state index in [1.807, 2.05) is 18.2 Å². The minimum Gasteiger partial charge on any atom is -0.338 e. The Kier molecular flexibility index (Phi) is 3.77. The highest BCUT2D eigenvalue weighted by molar-refractivity contribution is 7.99. The molecule has 1 N–H and O–H groups in total. The van der Waals surface area contributed by atoms with Gasteiger partial charge in [-0.05, 0) is 19.1 Å². The number of amides is 1. The summed E-state index contributed by atoms with van der Waals surface area (Å²) in [5.74, 6) is 0.516. The van der Waals surface area contributed by atoms with E-state index in [4.69, 9.17) is 4.52 Å². The maximum Gasteiger partial charge on any atom is 0.237 e. The Labute approximate surface area is 103 Å². The zero-order valence-electron chi connectivity index (χ0n) is 9.21. The zero-order chi connectivity index (χ0) is 12.1. The summed E-state index contributed by atoms with van der Waals surface area (Å²) in [4.78, 5) is 15.7. The van der Waals surface area contributed by atoms with Crippen molar-refractivity contribution in [2.24, 2.45) is 0 Å². The van der Waals surface area contributed by atoms with Gasteiger partial charge in [0.2, 0.25) is 11.8 Å². The van der Waals surface area contributed by atoms with Crippen LogP contribution in [0.1, 0.15) is 5.69 Å². The number of pyridine rings is 1. The highest BCUT2D eigenvalue weighted by atomic mass is 32.2. The summed E-state index contributed by atoms with van der Waals surface area (Å²) in [6.07, 6.45) is 1.69. The molecule has 0 unspecified atom stereocenters. The lowest BCUT2D eigenvalue weighted by Gasteiger charge is -2.00. The van der Waals surface area contributed by atoms with Crippen molar-refractivity contribution in [1.82, 2.24) is 10.1 Å². The van der Waals surface area contributed by atoms with Crippen LogP contribution in [-0.2, 0) is 4.79 Å². The van der Waals surface area contributed by atoms with Crippen molar-refractivity contribution < 1.29 is 9.32 Å². The number of anilines is 1. The van der Waals surface area contributed by atoms with Gasteiger partial charge in [-0.1, -0.05) is 23.0 Å². The fourth-order valence-corrected chi connectivity index (χ4v) is 1.83. The highest BCUT2D eigenvalue weighted by Crippen LogP contribution is 2.15. The summed E-state index contributed by atoms with van der Waals surface area (Å²) in [5.41, 5.74) is 0.734. The van der Waals surface area contributed by atoms with Crippen molar-refractivity contribution in [3.63, 3.8) is 0 Å².